The van der Waals surface area contributed by atoms with Gasteiger partial charge in [-0.25, -0.2) is 4.98 Å². The minimum Gasteiger partial charge on any atom is -0.353 e. The van der Waals surface area contributed by atoms with Crippen molar-refractivity contribution in [1.29, 1.82) is 0 Å². The van der Waals surface area contributed by atoms with E-state index < -0.39 is 0 Å². The molecule has 1 amide bonds. The number of aromatic nitrogens is 7. The summed E-state index contributed by atoms with van der Waals surface area (Å²) in [6, 6.07) is 13.7. The van der Waals surface area contributed by atoms with Crippen molar-refractivity contribution >= 4 is 33.5 Å². The van der Waals surface area contributed by atoms with Crippen molar-refractivity contribution < 1.29 is 4.79 Å². The van der Waals surface area contributed by atoms with Crippen LogP contribution in [-0.4, -0.2) is 41.0 Å². The van der Waals surface area contributed by atoms with Crippen LogP contribution in [0.3, 0.4) is 0 Å². The summed E-state index contributed by atoms with van der Waals surface area (Å²) in [5.41, 5.74) is 8.19. The molecule has 0 aromatic carbocycles. The maximum absolute atomic E-state index is 12.2. The first-order valence-electron chi connectivity index (χ1n) is 11.7. The number of amides is 1. The molecule has 1 aliphatic rings. The molecule has 0 spiro atoms. The summed E-state index contributed by atoms with van der Waals surface area (Å²) in [4.78, 5) is 33.6. The first kappa shape index (κ1) is 20.5. The Bertz CT molecular complexity index is 1750. The van der Waals surface area contributed by atoms with E-state index in [1.165, 1.54) is 0 Å². The van der Waals surface area contributed by atoms with Gasteiger partial charge in [-0.3, -0.25) is 24.8 Å². The molecule has 1 fully saturated rings. The molecule has 0 aliphatic heterocycles. The van der Waals surface area contributed by atoms with Crippen molar-refractivity contribution in [2.75, 3.05) is 5.32 Å². The lowest BCUT2D eigenvalue weighted by Crippen LogP contribution is -2.13. The molecule has 6 aromatic rings. The van der Waals surface area contributed by atoms with E-state index in [1.54, 1.807) is 31.0 Å². The second kappa shape index (κ2) is 8.09. The van der Waals surface area contributed by atoms with Crippen LogP contribution in [-0.2, 0) is 4.79 Å². The molecule has 174 valence electrons. The Morgan fingerprint density at radius 3 is 2.64 bits per heavy atom. The van der Waals surface area contributed by atoms with E-state index in [0.29, 0.717) is 5.69 Å². The quantitative estimate of drug-likeness (QED) is 0.325. The highest BCUT2D eigenvalue weighted by Crippen LogP contribution is 2.33. The summed E-state index contributed by atoms with van der Waals surface area (Å²) >= 11 is 0. The molecule has 7 rings (SSSR count). The normalized spacial score (nSPS) is 13.3. The smallest absolute Gasteiger partial charge is 0.227 e. The van der Waals surface area contributed by atoms with Gasteiger partial charge in [-0.1, -0.05) is 0 Å². The lowest BCUT2D eigenvalue weighted by molar-refractivity contribution is -0.117. The van der Waals surface area contributed by atoms with Crippen LogP contribution in [0.15, 0.2) is 73.4 Å². The van der Waals surface area contributed by atoms with Gasteiger partial charge in [-0.2, -0.15) is 5.10 Å². The van der Waals surface area contributed by atoms with Crippen molar-refractivity contribution in [1.82, 2.24) is 35.1 Å². The number of pyridine rings is 4. The Kier molecular flexibility index (Phi) is 4.60. The number of nitrogens with zero attached hydrogens (tertiary/aromatic N) is 5. The Morgan fingerprint density at radius 2 is 1.78 bits per heavy atom. The number of carbonyl (C=O) groups is 1. The lowest BCUT2D eigenvalue weighted by Gasteiger charge is -2.06. The molecule has 0 bridgehead atoms. The third-order valence-corrected chi connectivity index (χ3v) is 6.41. The molecule has 0 unspecified atom stereocenters. The molecular formula is C27H20N8O. The second-order valence-electron chi connectivity index (χ2n) is 8.93. The fourth-order valence-electron chi connectivity index (χ4n) is 4.41. The van der Waals surface area contributed by atoms with Crippen molar-refractivity contribution in [3.05, 3.63) is 73.4 Å². The predicted octanol–water partition coefficient (Wildman–Crippen LogP) is 4.97. The van der Waals surface area contributed by atoms with Gasteiger partial charge in [-0.05, 0) is 55.3 Å². The molecule has 9 heteroatoms. The number of anilines is 1. The fourth-order valence-corrected chi connectivity index (χ4v) is 4.41. The topological polar surface area (TPSA) is 125 Å². The molecule has 6 aromatic heterocycles. The number of rotatable bonds is 5. The minimum absolute atomic E-state index is 0.0499. The van der Waals surface area contributed by atoms with E-state index in [-0.39, 0.29) is 11.8 Å². The van der Waals surface area contributed by atoms with E-state index in [2.05, 4.69) is 41.5 Å². The van der Waals surface area contributed by atoms with E-state index in [1.807, 2.05) is 36.4 Å². The van der Waals surface area contributed by atoms with Crippen LogP contribution < -0.4 is 5.32 Å². The maximum atomic E-state index is 12.2. The molecular weight excluding hydrogens is 452 g/mol. The Balaban J connectivity index is 1.28. The Hall–Kier alpha value is -4.92. The van der Waals surface area contributed by atoms with E-state index in [0.717, 1.165) is 68.7 Å². The Morgan fingerprint density at radius 1 is 0.889 bits per heavy atom. The predicted molar refractivity (Wildman–Crippen MR) is 137 cm³/mol. The van der Waals surface area contributed by atoms with Crippen LogP contribution in [0.2, 0.25) is 0 Å². The van der Waals surface area contributed by atoms with Gasteiger partial charge in [0.15, 0.2) is 0 Å². The first-order chi connectivity index (χ1) is 17.7. The second-order valence-corrected chi connectivity index (χ2v) is 8.93. The zero-order valence-corrected chi connectivity index (χ0v) is 19.1. The third kappa shape index (κ3) is 3.58. The highest BCUT2D eigenvalue weighted by Gasteiger charge is 2.29. The van der Waals surface area contributed by atoms with Crippen molar-refractivity contribution in [3.63, 3.8) is 0 Å². The molecule has 0 saturated heterocycles. The average molecular weight is 473 g/mol. The van der Waals surface area contributed by atoms with Gasteiger partial charge >= 0.3 is 0 Å². The third-order valence-electron chi connectivity index (χ3n) is 6.41. The lowest BCUT2D eigenvalue weighted by atomic mass is 10.1. The zero-order chi connectivity index (χ0) is 24.1. The molecule has 0 atom stereocenters. The zero-order valence-electron chi connectivity index (χ0n) is 19.1. The summed E-state index contributed by atoms with van der Waals surface area (Å²) in [6.07, 6.45) is 10.6. The molecule has 9 nitrogen and oxygen atoms in total. The molecule has 0 radical (unpaired) electrons. The fraction of sp³-hybridized carbons (Fsp3) is 0.111. The van der Waals surface area contributed by atoms with E-state index >= 15 is 0 Å². The number of hydrogen-bond acceptors (Lipinski definition) is 6. The number of fused-ring (bicyclic) bond motifs is 2. The summed E-state index contributed by atoms with van der Waals surface area (Å²) in [7, 11) is 0. The monoisotopic (exact) mass is 472 g/mol. The van der Waals surface area contributed by atoms with Crippen molar-refractivity contribution in [2.45, 2.75) is 12.8 Å². The van der Waals surface area contributed by atoms with Gasteiger partial charge in [0.25, 0.3) is 0 Å². The van der Waals surface area contributed by atoms with Gasteiger partial charge in [0.05, 0.1) is 34.5 Å². The SMILES string of the molecule is O=C(Nc1cncc(-c2ccc3[nH]nc(-c4cc5c(-c6ccncc6)nccc5[nH]4)c3n2)c1)C1CC1. The molecule has 6 heterocycles. The van der Waals surface area contributed by atoms with E-state index in [4.69, 9.17) is 4.98 Å². The number of carbonyl (C=O) groups excluding carboxylic acids is 1. The number of aromatic amines is 2. The highest BCUT2D eigenvalue weighted by atomic mass is 16.2. The van der Waals surface area contributed by atoms with E-state index in [9.17, 15) is 4.79 Å². The van der Waals surface area contributed by atoms with Gasteiger partial charge < -0.3 is 10.3 Å². The van der Waals surface area contributed by atoms with Gasteiger partial charge in [0.1, 0.15) is 11.2 Å². The van der Waals surface area contributed by atoms with Crippen LogP contribution in [0.1, 0.15) is 12.8 Å². The van der Waals surface area contributed by atoms with Crippen molar-refractivity contribution in [2.24, 2.45) is 5.92 Å². The van der Waals surface area contributed by atoms with Gasteiger partial charge in [-0.15, -0.1) is 0 Å². The maximum Gasteiger partial charge on any atom is 0.227 e. The number of H-pyrrole nitrogens is 2. The standard InChI is InChI=1S/C27H20N8O/c36-27(16-1-2-16)31-18-11-17(13-29-14-18)20-3-4-22-25(33-20)26(35-34-22)23-12-19-21(32-23)7-10-30-24(19)15-5-8-28-9-6-15/h3-14,16,32H,1-2H2,(H,31,36)(H,34,35). The average Bonchev–Trinajstić information content (AvgIpc) is 3.55. The van der Waals surface area contributed by atoms with Crippen LogP contribution in [0.5, 0.6) is 0 Å². The summed E-state index contributed by atoms with van der Waals surface area (Å²) in [5.74, 6) is 0.177. The number of nitrogens with one attached hydrogen (secondary N) is 3. The molecule has 1 aliphatic carbocycles. The summed E-state index contributed by atoms with van der Waals surface area (Å²) in [5, 5.41) is 11.6. The molecule has 1 saturated carbocycles. The van der Waals surface area contributed by atoms with Gasteiger partial charge in [0, 0.05) is 52.7 Å². The molecule has 36 heavy (non-hydrogen) atoms. The summed E-state index contributed by atoms with van der Waals surface area (Å²) < 4.78 is 0. The molecule has 3 N–H and O–H groups in total. The van der Waals surface area contributed by atoms with Crippen LogP contribution in [0, 0.1) is 5.92 Å². The number of hydrogen-bond donors (Lipinski definition) is 3. The summed E-state index contributed by atoms with van der Waals surface area (Å²) in [6.45, 7) is 0. The van der Waals surface area contributed by atoms with Crippen LogP contribution >= 0.6 is 0 Å². The minimum atomic E-state index is 0.0499. The largest absolute Gasteiger partial charge is 0.353 e. The highest BCUT2D eigenvalue weighted by molar-refractivity contribution is 5.99. The Labute approximate surface area is 205 Å². The van der Waals surface area contributed by atoms with Crippen molar-refractivity contribution in [3.8, 4) is 33.9 Å². The van der Waals surface area contributed by atoms with Gasteiger partial charge in [0.2, 0.25) is 5.91 Å². The first-order valence-corrected chi connectivity index (χ1v) is 11.7. The van der Waals surface area contributed by atoms with Crippen LogP contribution in [0.25, 0.3) is 55.8 Å². The van der Waals surface area contributed by atoms with Crippen LogP contribution in [0.4, 0.5) is 5.69 Å².